The van der Waals surface area contributed by atoms with Crippen LogP contribution in [-0.4, -0.2) is 44.2 Å². The van der Waals surface area contributed by atoms with Crippen molar-refractivity contribution in [2.75, 3.05) is 18.4 Å². The van der Waals surface area contributed by atoms with Gasteiger partial charge in [0, 0.05) is 37.2 Å². The number of aromatic nitrogens is 4. The van der Waals surface area contributed by atoms with Crippen LogP contribution in [0.1, 0.15) is 68.0 Å². The fraction of sp³-hybridized carbons (Fsp3) is 0.667. The highest BCUT2D eigenvalue weighted by Crippen LogP contribution is 2.39. The van der Waals surface area contributed by atoms with Gasteiger partial charge in [-0.05, 0) is 44.6 Å². The molecule has 7 nitrogen and oxygen atoms in total. The average Bonchev–Trinajstić information content (AvgIpc) is 3.56. The molecule has 7 heteroatoms. The molecule has 132 valence electrons. The molecular formula is C18H24N6O. The molecular weight excluding hydrogens is 316 g/mol. The Kier molecular flexibility index (Phi) is 3.88. The predicted molar refractivity (Wildman–Crippen MR) is 92.2 cm³/mol. The maximum atomic E-state index is 5.78. The Bertz CT molecular complexity index is 731. The van der Waals surface area contributed by atoms with Gasteiger partial charge in [0.05, 0.1) is 6.54 Å². The number of nitrogens with zero attached hydrogens (tertiary/aromatic N) is 5. The lowest BCUT2D eigenvalue weighted by Gasteiger charge is -2.31. The van der Waals surface area contributed by atoms with Gasteiger partial charge < -0.3 is 9.73 Å². The number of anilines is 1. The third kappa shape index (κ3) is 3.66. The van der Waals surface area contributed by atoms with Crippen molar-refractivity contribution in [3.8, 4) is 0 Å². The van der Waals surface area contributed by atoms with Crippen molar-refractivity contribution in [1.29, 1.82) is 0 Å². The molecule has 2 saturated carbocycles. The number of rotatable bonds is 6. The molecule has 5 rings (SSSR count). The van der Waals surface area contributed by atoms with E-state index in [2.05, 4.69) is 30.4 Å². The van der Waals surface area contributed by atoms with Gasteiger partial charge in [0.2, 0.25) is 11.8 Å². The summed E-state index contributed by atoms with van der Waals surface area (Å²) >= 11 is 0. The van der Waals surface area contributed by atoms with E-state index in [4.69, 9.17) is 4.42 Å². The Morgan fingerprint density at radius 2 is 1.84 bits per heavy atom. The number of piperidine rings is 1. The molecule has 0 spiro atoms. The first kappa shape index (κ1) is 15.3. The first-order valence-corrected chi connectivity index (χ1v) is 9.47. The van der Waals surface area contributed by atoms with Crippen LogP contribution in [0, 0.1) is 0 Å². The van der Waals surface area contributed by atoms with Gasteiger partial charge in [0.25, 0.3) is 0 Å². The molecule has 3 heterocycles. The highest BCUT2D eigenvalue weighted by molar-refractivity contribution is 5.35. The van der Waals surface area contributed by atoms with Gasteiger partial charge in [-0.1, -0.05) is 0 Å². The van der Waals surface area contributed by atoms with Crippen LogP contribution < -0.4 is 5.32 Å². The zero-order chi connectivity index (χ0) is 16.6. The molecule has 3 aliphatic rings. The van der Waals surface area contributed by atoms with Crippen LogP contribution in [0.15, 0.2) is 16.7 Å². The Labute approximate surface area is 147 Å². The molecule has 1 N–H and O–H groups in total. The molecule has 0 aromatic carbocycles. The minimum Gasteiger partial charge on any atom is -0.424 e. The summed E-state index contributed by atoms with van der Waals surface area (Å²) in [5.74, 6) is 4.70. The molecule has 0 atom stereocenters. The van der Waals surface area contributed by atoms with E-state index in [1.807, 2.05) is 12.3 Å². The summed E-state index contributed by atoms with van der Waals surface area (Å²) in [6, 6.07) is 2.46. The van der Waals surface area contributed by atoms with Gasteiger partial charge in [0.15, 0.2) is 0 Å². The summed E-state index contributed by atoms with van der Waals surface area (Å²) in [4.78, 5) is 11.5. The molecule has 2 aliphatic carbocycles. The molecule has 2 aromatic rings. The normalized spacial score (nSPS) is 22.2. The Morgan fingerprint density at radius 1 is 1.04 bits per heavy atom. The Hall–Kier alpha value is -2.02. The summed E-state index contributed by atoms with van der Waals surface area (Å²) in [6.07, 6.45) is 8.96. The molecule has 3 fully saturated rings. The molecule has 25 heavy (non-hydrogen) atoms. The number of likely N-dealkylation sites (tertiary alicyclic amines) is 1. The van der Waals surface area contributed by atoms with Crippen molar-refractivity contribution in [3.63, 3.8) is 0 Å². The maximum absolute atomic E-state index is 5.78. The van der Waals surface area contributed by atoms with Crippen LogP contribution >= 0.6 is 0 Å². The highest BCUT2D eigenvalue weighted by Gasteiger charge is 2.30. The van der Waals surface area contributed by atoms with Crippen LogP contribution in [0.4, 0.5) is 5.82 Å². The van der Waals surface area contributed by atoms with Crippen LogP contribution in [-0.2, 0) is 6.54 Å². The minimum absolute atomic E-state index is 0.475. The summed E-state index contributed by atoms with van der Waals surface area (Å²) in [7, 11) is 0. The van der Waals surface area contributed by atoms with E-state index in [0.717, 1.165) is 55.9 Å². The van der Waals surface area contributed by atoms with E-state index in [0.29, 0.717) is 17.9 Å². The van der Waals surface area contributed by atoms with Gasteiger partial charge in [-0.2, -0.15) is 0 Å². The lowest BCUT2D eigenvalue weighted by molar-refractivity contribution is 0.192. The summed E-state index contributed by atoms with van der Waals surface area (Å²) in [6.45, 7) is 2.85. The summed E-state index contributed by atoms with van der Waals surface area (Å²) in [5, 5.41) is 12.0. The Morgan fingerprint density at radius 3 is 2.60 bits per heavy atom. The minimum atomic E-state index is 0.475. The molecule has 0 radical (unpaired) electrons. The fourth-order valence-electron chi connectivity index (χ4n) is 3.45. The van der Waals surface area contributed by atoms with Gasteiger partial charge in [-0.3, -0.25) is 4.90 Å². The summed E-state index contributed by atoms with van der Waals surface area (Å²) < 4.78 is 5.78. The smallest absolute Gasteiger partial charge is 0.230 e. The van der Waals surface area contributed by atoms with Crippen molar-refractivity contribution in [1.82, 2.24) is 25.1 Å². The molecule has 0 unspecified atom stereocenters. The van der Waals surface area contributed by atoms with Crippen molar-refractivity contribution in [3.05, 3.63) is 29.9 Å². The third-order valence-electron chi connectivity index (χ3n) is 5.32. The zero-order valence-corrected chi connectivity index (χ0v) is 14.4. The number of hydrogen-bond donors (Lipinski definition) is 1. The second-order valence-corrected chi connectivity index (χ2v) is 7.58. The van der Waals surface area contributed by atoms with Crippen LogP contribution in [0.2, 0.25) is 0 Å². The standard InChI is InChI=1S/C18H24N6O/c1-2-12(1)17-19-8-5-15(21-17)20-14-6-9-24(10-7-14)11-16-22-23-18(25-16)13-3-4-13/h5,8,12-14H,1-4,6-7,9-11H2,(H,19,20,21). The van der Waals surface area contributed by atoms with Crippen molar-refractivity contribution >= 4 is 5.82 Å². The highest BCUT2D eigenvalue weighted by atomic mass is 16.4. The topological polar surface area (TPSA) is 80.0 Å². The lowest BCUT2D eigenvalue weighted by atomic mass is 10.1. The average molecular weight is 340 g/mol. The maximum Gasteiger partial charge on any atom is 0.230 e. The molecule has 2 aromatic heterocycles. The largest absolute Gasteiger partial charge is 0.424 e. The van der Waals surface area contributed by atoms with Crippen molar-refractivity contribution < 1.29 is 4.42 Å². The SMILES string of the molecule is c1cc(NC2CCN(Cc3nnc(C4CC4)o3)CC2)nc(C2CC2)n1. The van der Waals surface area contributed by atoms with Crippen LogP contribution in [0.5, 0.6) is 0 Å². The van der Waals surface area contributed by atoms with Gasteiger partial charge in [-0.15, -0.1) is 10.2 Å². The van der Waals surface area contributed by atoms with Gasteiger partial charge >= 0.3 is 0 Å². The third-order valence-corrected chi connectivity index (χ3v) is 5.32. The van der Waals surface area contributed by atoms with E-state index in [1.165, 1.54) is 25.7 Å². The molecule has 1 aliphatic heterocycles. The van der Waals surface area contributed by atoms with E-state index >= 15 is 0 Å². The summed E-state index contributed by atoms with van der Waals surface area (Å²) in [5.41, 5.74) is 0. The van der Waals surface area contributed by atoms with E-state index in [-0.39, 0.29) is 0 Å². The van der Waals surface area contributed by atoms with Crippen LogP contribution in [0.25, 0.3) is 0 Å². The van der Waals surface area contributed by atoms with E-state index in [9.17, 15) is 0 Å². The lowest BCUT2D eigenvalue weighted by Crippen LogP contribution is -2.38. The Balaban J connectivity index is 1.12. The second kappa shape index (κ2) is 6.37. The molecule has 0 amide bonds. The monoisotopic (exact) mass is 340 g/mol. The van der Waals surface area contributed by atoms with Crippen molar-refractivity contribution in [2.45, 2.75) is 62.9 Å². The van der Waals surface area contributed by atoms with E-state index in [1.54, 1.807) is 0 Å². The predicted octanol–water partition coefficient (Wildman–Crippen LogP) is 2.69. The zero-order valence-electron chi connectivity index (χ0n) is 14.4. The number of nitrogens with one attached hydrogen (secondary N) is 1. The van der Waals surface area contributed by atoms with E-state index < -0.39 is 0 Å². The number of hydrogen-bond acceptors (Lipinski definition) is 7. The first-order chi connectivity index (χ1) is 12.3. The van der Waals surface area contributed by atoms with Gasteiger partial charge in [0.1, 0.15) is 11.6 Å². The quantitative estimate of drug-likeness (QED) is 0.866. The van der Waals surface area contributed by atoms with Crippen molar-refractivity contribution in [2.24, 2.45) is 0 Å². The second-order valence-electron chi connectivity index (χ2n) is 7.58. The first-order valence-electron chi connectivity index (χ1n) is 9.47. The van der Waals surface area contributed by atoms with Crippen LogP contribution in [0.3, 0.4) is 0 Å². The molecule has 1 saturated heterocycles. The molecule has 0 bridgehead atoms. The van der Waals surface area contributed by atoms with Gasteiger partial charge in [-0.25, -0.2) is 9.97 Å². The fourth-order valence-corrected chi connectivity index (χ4v) is 3.45.